The molecule has 1 atom stereocenters. The molecule has 24 heavy (non-hydrogen) atoms. The number of esters is 1. The molecule has 1 unspecified atom stereocenters. The zero-order valence-corrected chi connectivity index (χ0v) is 15.0. The molecular weight excluding hydrogens is 328 g/mol. The Kier molecular flexibility index (Phi) is 4.15. The van der Waals surface area contributed by atoms with Gasteiger partial charge in [-0.3, -0.25) is 4.79 Å². The van der Waals surface area contributed by atoms with Gasteiger partial charge in [-0.1, -0.05) is 26.0 Å². The van der Waals surface area contributed by atoms with Crippen LogP contribution < -0.4 is 0 Å². The predicted octanol–water partition coefficient (Wildman–Crippen LogP) is 2.05. The normalized spacial score (nSPS) is 24.8. The minimum Gasteiger partial charge on any atom is -0.466 e. The molecule has 2 aliphatic heterocycles. The van der Waals surface area contributed by atoms with Crippen LogP contribution in [0.3, 0.4) is 0 Å². The van der Waals surface area contributed by atoms with Crippen LogP contribution >= 0.6 is 0 Å². The molecule has 1 saturated heterocycles. The molecule has 0 saturated carbocycles. The molecule has 130 valence electrons. The Labute approximate surface area is 142 Å². The number of ether oxygens (including phenoxy) is 1. The van der Waals surface area contributed by atoms with Gasteiger partial charge in [-0.25, -0.2) is 0 Å². The van der Waals surface area contributed by atoms with E-state index in [0.717, 1.165) is 0 Å². The van der Waals surface area contributed by atoms with Gasteiger partial charge < -0.3 is 9.64 Å². The van der Waals surface area contributed by atoms with Crippen molar-refractivity contribution < 1.29 is 17.9 Å². The molecule has 0 aromatic heterocycles. The summed E-state index contributed by atoms with van der Waals surface area (Å²) in [5.41, 5.74) is -0.0132. The number of fused-ring (bicyclic) bond motifs is 1. The Morgan fingerprint density at radius 2 is 2.08 bits per heavy atom. The molecule has 1 aromatic carbocycles. The van der Waals surface area contributed by atoms with Crippen LogP contribution in [0.15, 0.2) is 33.6 Å². The third kappa shape index (κ3) is 2.51. The van der Waals surface area contributed by atoms with Crippen LogP contribution in [-0.4, -0.2) is 44.8 Å². The van der Waals surface area contributed by atoms with Gasteiger partial charge in [0.05, 0.1) is 12.0 Å². The average molecular weight is 350 g/mol. The van der Waals surface area contributed by atoms with Gasteiger partial charge in [-0.15, -0.1) is 4.40 Å². The minimum atomic E-state index is -3.65. The fraction of sp³-hybridized carbons (Fsp3) is 0.529. The number of nitrogens with zero attached hydrogens (tertiary/aromatic N) is 2. The molecule has 0 spiro atoms. The number of likely N-dealkylation sites (tertiary alicyclic amines) is 1. The molecular formula is C17H22N2O4S. The van der Waals surface area contributed by atoms with E-state index in [-0.39, 0.29) is 16.8 Å². The van der Waals surface area contributed by atoms with Crippen molar-refractivity contribution in [2.24, 2.45) is 15.7 Å². The standard InChI is InChI=1S/C17H22N2O4S/c1-4-23-16(20)17(12(2)3)9-10-19(11-17)15-13-7-5-6-8-14(13)24(21,22)18-15/h5-8,12H,4,9-11H2,1-3H3. The van der Waals surface area contributed by atoms with Crippen LogP contribution in [0.2, 0.25) is 0 Å². The monoisotopic (exact) mass is 350 g/mol. The van der Waals surface area contributed by atoms with Crippen LogP contribution in [0.25, 0.3) is 0 Å². The number of amidine groups is 1. The van der Waals surface area contributed by atoms with Gasteiger partial charge in [0.25, 0.3) is 10.0 Å². The first-order chi connectivity index (χ1) is 11.3. The SMILES string of the molecule is CCOC(=O)C1(C(C)C)CCN(C2=NS(=O)(=O)c3ccccc32)C1. The minimum absolute atomic E-state index is 0.0930. The molecule has 6 nitrogen and oxygen atoms in total. The van der Waals surface area contributed by atoms with Gasteiger partial charge in [0.1, 0.15) is 4.90 Å². The van der Waals surface area contributed by atoms with Crippen molar-refractivity contribution in [2.45, 2.75) is 32.1 Å². The van der Waals surface area contributed by atoms with Gasteiger partial charge in [0.15, 0.2) is 5.84 Å². The first-order valence-electron chi connectivity index (χ1n) is 8.18. The molecule has 2 aliphatic rings. The van der Waals surface area contributed by atoms with E-state index < -0.39 is 15.4 Å². The summed E-state index contributed by atoms with van der Waals surface area (Å²) >= 11 is 0. The van der Waals surface area contributed by atoms with Crippen LogP contribution in [0.4, 0.5) is 0 Å². The number of rotatable bonds is 3. The van der Waals surface area contributed by atoms with Crippen molar-refractivity contribution in [2.75, 3.05) is 19.7 Å². The maximum absolute atomic E-state index is 12.5. The molecule has 2 heterocycles. The largest absolute Gasteiger partial charge is 0.466 e. The second kappa shape index (κ2) is 5.88. The van der Waals surface area contributed by atoms with Crippen molar-refractivity contribution >= 4 is 21.8 Å². The van der Waals surface area contributed by atoms with E-state index in [1.165, 1.54) is 0 Å². The van der Waals surface area contributed by atoms with Crippen molar-refractivity contribution in [1.29, 1.82) is 0 Å². The first-order valence-corrected chi connectivity index (χ1v) is 9.62. The Bertz CT molecular complexity index is 801. The Morgan fingerprint density at radius 1 is 1.38 bits per heavy atom. The zero-order valence-electron chi connectivity index (χ0n) is 14.2. The summed E-state index contributed by atoms with van der Waals surface area (Å²) in [6, 6.07) is 6.82. The molecule has 7 heteroatoms. The maximum Gasteiger partial charge on any atom is 0.314 e. The van der Waals surface area contributed by atoms with Crippen LogP contribution in [0, 0.1) is 11.3 Å². The summed E-state index contributed by atoms with van der Waals surface area (Å²) in [6.45, 7) is 7.14. The van der Waals surface area contributed by atoms with Gasteiger partial charge in [0.2, 0.25) is 0 Å². The number of sulfonamides is 1. The Balaban J connectivity index is 1.95. The van der Waals surface area contributed by atoms with Crippen LogP contribution in [0.5, 0.6) is 0 Å². The lowest BCUT2D eigenvalue weighted by molar-refractivity contribution is -0.157. The molecule has 0 bridgehead atoms. The van der Waals surface area contributed by atoms with Crippen molar-refractivity contribution in [3.05, 3.63) is 29.8 Å². The predicted molar refractivity (Wildman–Crippen MR) is 90.3 cm³/mol. The van der Waals surface area contributed by atoms with Gasteiger partial charge in [-0.05, 0) is 31.4 Å². The fourth-order valence-corrected chi connectivity index (χ4v) is 4.71. The lowest BCUT2D eigenvalue weighted by Crippen LogP contribution is -2.41. The quantitative estimate of drug-likeness (QED) is 0.780. The molecule has 0 N–H and O–H groups in total. The molecule has 1 fully saturated rings. The first kappa shape index (κ1) is 17.0. The number of hydrogen-bond donors (Lipinski definition) is 0. The van der Waals surface area contributed by atoms with E-state index in [2.05, 4.69) is 4.40 Å². The van der Waals surface area contributed by atoms with E-state index in [9.17, 15) is 13.2 Å². The second-order valence-corrected chi connectivity index (χ2v) is 8.16. The van der Waals surface area contributed by atoms with Crippen LogP contribution in [0.1, 0.15) is 32.8 Å². The van der Waals surface area contributed by atoms with Crippen molar-refractivity contribution in [3.63, 3.8) is 0 Å². The third-order valence-corrected chi connectivity index (χ3v) is 6.33. The number of hydrogen-bond acceptors (Lipinski definition) is 5. The van der Waals surface area contributed by atoms with E-state index in [1.807, 2.05) is 18.7 Å². The van der Waals surface area contributed by atoms with Gasteiger partial charge >= 0.3 is 5.97 Å². The van der Waals surface area contributed by atoms with Crippen molar-refractivity contribution in [3.8, 4) is 0 Å². The van der Waals surface area contributed by atoms with E-state index in [1.54, 1.807) is 31.2 Å². The highest BCUT2D eigenvalue weighted by Gasteiger charge is 2.50. The number of carbonyl (C=O) groups excluding carboxylic acids is 1. The van der Waals surface area contributed by atoms with Gasteiger partial charge in [-0.2, -0.15) is 8.42 Å². The highest BCUT2D eigenvalue weighted by Crippen LogP contribution is 2.41. The van der Waals surface area contributed by atoms with Crippen molar-refractivity contribution in [1.82, 2.24) is 4.90 Å². The summed E-state index contributed by atoms with van der Waals surface area (Å²) in [6.07, 6.45) is 0.630. The molecule has 3 rings (SSSR count). The molecule has 1 aromatic rings. The molecule has 0 amide bonds. The number of benzene rings is 1. The summed E-state index contributed by atoms with van der Waals surface area (Å²) in [4.78, 5) is 14.7. The van der Waals surface area contributed by atoms with E-state index >= 15 is 0 Å². The smallest absolute Gasteiger partial charge is 0.314 e. The van der Waals surface area contributed by atoms with Gasteiger partial charge in [0, 0.05) is 18.7 Å². The Hall–Kier alpha value is -1.89. The summed E-state index contributed by atoms with van der Waals surface area (Å²) in [5.74, 6) is 0.324. The van der Waals surface area contributed by atoms with E-state index in [4.69, 9.17) is 4.74 Å². The van der Waals surface area contributed by atoms with E-state index in [0.29, 0.717) is 37.5 Å². The molecule has 0 radical (unpaired) electrons. The summed E-state index contributed by atoms with van der Waals surface area (Å²) < 4.78 is 33.7. The fourth-order valence-electron chi connectivity index (χ4n) is 3.48. The molecule has 0 aliphatic carbocycles. The zero-order chi connectivity index (χ0) is 17.5. The maximum atomic E-state index is 12.5. The Morgan fingerprint density at radius 3 is 2.75 bits per heavy atom. The van der Waals surface area contributed by atoms with Crippen LogP contribution in [-0.2, 0) is 19.6 Å². The summed E-state index contributed by atoms with van der Waals surface area (Å²) in [5, 5.41) is 0. The highest BCUT2D eigenvalue weighted by atomic mass is 32.2. The lowest BCUT2D eigenvalue weighted by Gasteiger charge is -2.31. The third-order valence-electron chi connectivity index (χ3n) is 5.00. The lowest BCUT2D eigenvalue weighted by atomic mass is 9.76. The second-order valence-electron chi connectivity index (χ2n) is 6.59. The average Bonchev–Trinajstić information content (AvgIpc) is 3.09. The topological polar surface area (TPSA) is 76.0 Å². The summed E-state index contributed by atoms with van der Waals surface area (Å²) in [7, 11) is -3.65. The number of carbonyl (C=O) groups is 1. The highest BCUT2D eigenvalue weighted by molar-refractivity contribution is 7.90.